The van der Waals surface area contributed by atoms with Crippen LogP contribution < -0.4 is 0 Å². The molecular formula is C15H22O2. The highest BCUT2D eigenvalue weighted by atomic mass is 16.3. The van der Waals surface area contributed by atoms with Crippen LogP contribution in [0.15, 0.2) is 10.7 Å². The second-order valence-electron chi connectivity index (χ2n) is 6.34. The lowest BCUT2D eigenvalue weighted by molar-refractivity contribution is -0.0546. The molecule has 1 heterocycles. The summed E-state index contributed by atoms with van der Waals surface area (Å²) in [4.78, 5) is 0. The van der Waals surface area contributed by atoms with E-state index in [9.17, 15) is 5.11 Å². The molecule has 1 aromatic rings. The average Bonchev–Trinajstić information content (AvgIpc) is 2.64. The van der Waals surface area contributed by atoms with Crippen LogP contribution in [-0.2, 0) is 12.8 Å². The van der Waals surface area contributed by atoms with Crippen molar-refractivity contribution in [3.63, 3.8) is 0 Å². The van der Waals surface area contributed by atoms with Gasteiger partial charge in [-0.3, -0.25) is 0 Å². The summed E-state index contributed by atoms with van der Waals surface area (Å²) in [5, 5.41) is 10.1. The standard InChI is InChI=1S/C15H22O2/c1-9-8-17-14-6-11-4-5-13(16)10(2)15(11,3)7-12(9)14/h8,10-11,13,16H,4-7H2,1-3H3/t10-,11+,13+,15+/m1/s1. The molecule has 1 N–H and O–H groups in total. The molecule has 0 aliphatic heterocycles. The van der Waals surface area contributed by atoms with Crippen LogP contribution >= 0.6 is 0 Å². The number of hydrogen-bond acceptors (Lipinski definition) is 2. The number of hydrogen-bond donors (Lipinski definition) is 1. The molecule has 1 aromatic heterocycles. The van der Waals surface area contributed by atoms with E-state index in [2.05, 4.69) is 20.8 Å². The van der Waals surface area contributed by atoms with Crippen molar-refractivity contribution in [1.29, 1.82) is 0 Å². The Labute approximate surface area is 103 Å². The van der Waals surface area contributed by atoms with Crippen LogP contribution in [0.1, 0.15) is 43.6 Å². The summed E-state index contributed by atoms with van der Waals surface area (Å²) < 4.78 is 5.68. The molecule has 1 fully saturated rings. The van der Waals surface area contributed by atoms with Crippen LogP contribution in [-0.4, -0.2) is 11.2 Å². The second kappa shape index (κ2) is 3.61. The van der Waals surface area contributed by atoms with Crippen molar-refractivity contribution in [1.82, 2.24) is 0 Å². The van der Waals surface area contributed by atoms with Gasteiger partial charge in [0.1, 0.15) is 5.76 Å². The Morgan fingerprint density at radius 1 is 1.41 bits per heavy atom. The van der Waals surface area contributed by atoms with Gasteiger partial charge in [-0.25, -0.2) is 0 Å². The Kier molecular flexibility index (Phi) is 2.41. The molecule has 4 atom stereocenters. The van der Waals surface area contributed by atoms with E-state index in [1.807, 2.05) is 6.26 Å². The summed E-state index contributed by atoms with van der Waals surface area (Å²) >= 11 is 0. The number of aryl methyl sites for hydroxylation is 1. The van der Waals surface area contributed by atoms with Gasteiger partial charge in [0.25, 0.3) is 0 Å². The minimum Gasteiger partial charge on any atom is -0.469 e. The van der Waals surface area contributed by atoms with Gasteiger partial charge in [0.15, 0.2) is 0 Å². The van der Waals surface area contributed by atoms with Crippen molar-refractivity contribution in [3.05, 3.63) is 23.2 Å². The van der Waals surface area contributed by atoms with Crippen LogP contribution in [0.2, 0.25) is 0 Å². The van der Waals surface area contributed by atoms with Gasteiger partial charge in [-0.2, -0.15) is 0 Å². The van der Waals surface area contributed by atoms with E-state index in [-0.39, 0.29) is 11.5 Å². The van der Waals surface area contributed by atoms with E-state index >= 15 is 0 Å². The average molecular weight is 234 g/mol. The smallest absolute Gasteiger partial charge is 0.107 e. The van der Waals surface area contributed by atoms with Gasteiger partial charge >= 0.3 is 0 Å². The van der Waals surface area contributed by atoms with Crippen molar-refractivity contribution in [3.8, 4) is 0 Å². The SMILES string of the molecule is Cc1coc2c1C[C@]1(C)[C@@H](CC[C@H](O)[C@H]1C)C2. The van der Waals surface area contributed by atoms with Crippen LogP contribution in [0.5, 0.6) is 0 Å². The Morgan fingerprint density at radius 3 is 2.94 bits per heavy atom. The zero-order valence-corrected chi connectivity index (χ0v) is 11.0. The Hall–Kier alpha value is -0.760. The van der Waals surface area contributed by atoms with Crippen molar-refractivity contribution in [2.24, 2.45) is 17.3 Å². The minimum absolute atomic E-state index is 0.120. The highest BCUT2D eigenvalue weighted by Crippen LogP contribution is 2.52. The molecule has 2 aliphatic rings. The Balaban J connectivity index is 2.01. The molecule has 2 nitrogen and oxygen atoms in total. The van der Waals surface area contributed by atoms with E-state index < -0.39 is 0 Å². The third kappa shape index (κ3) is 1.50. The molecule has 0 saturated heterocycles. The van der Waals surface area contributed by atoms with E-state index in [0.717, 1.165) is 25.7 Å². The normalized spacial score (nSPS) is 40.8. The van der Waals surface area contributed by atoms with Crippen LogP contribution in [0.3, 0.4) is 0 Å². The maximum Gasteiger partial charge on any atom is 0.107 e. The fraction of sp³-hybridized carbons (Fsp3) is 0.733. The van der Waals surface area contributed by atoms with Gasteiger partial charge in [-0.1, -0.05) is 13.8 Å². The Morgan fingerprint density at radius 2 is 2.18 bits per heavy atom. The predicted octanol–water partition coefficient (Wildman–Crippen LogP) is 3.10. The summed E-state index contributed by atoms with van der Waals surface area (Å²) in [6, 6.07) is 0. The molecule has 0 unspecified atom stereocenters. The number of rotatable bonds is 0. The first kappa shape index (κ1) is 11.3. The maximum absolute atomic E-state index is 10.1. The van der Waals surface area contributed by atoms with Gasteiger partial charge < -0.3 is 9.52 Å². The molecule has 94 valence electrons. The van der Waals surface area contributed by atoms with Crippen LogP contribution in [0.25, 0.3) is 0 Å². The molecule has 1 saturated carbocycles. The van der Waals surface area contributed by atoms with Gasteiger partial charge in [0.2, 0.25) is 0 Å². The predicted molar refractivity (Wildman–Crippen MR) is 66.9 cm³/mol. The van der Waals surface area contributed by atoms with Crippen molar-refractivity contribution >= 4 is 0 Å². The summed E-state index contributed by atoms with van der Waals surface area (Å²) in [6.45, 7) is 6.72. The fourth-order valence-electron chi connectivity index (χ4n) is 3.94. The molecular weight excluding hydrogens is 212 g/mol. The molecule has 3 rings (SSSR count). The van der Waals surface area contributed by atoms with Crippen molar-refractivity contribution in [2.75, 3.05) is 0 Å². The first-order valence-corrected chi connectivity index (χ1v) is 6.76. The molecule has 2 heteroatoms. The number of aliphatic hydroxyl groups is 1. The lowest BCUT2D eigenvalue weighted by atomic mass is 9.55. The lowest BCUT2D eigenvalue weighted by Crippen LogP contribution is -2.48. The lowest BCUT2D eigenvalue weighted by Gasteiger charge is -2.50. The monoisotopic (exact) mass is 234 g/mol. The third-order valence-corrected chi connectivity index (χ3v) is 5.54. The minimum atomic E-state index is -0.120. The molecule has 17 heavy (non-hydrogen) atoms. The largest absolute Gasteiger partial charge is 0.469 e. The van der Waals surface area contributed by atoms with Crippen LogP contribution in [0.4, 0.5) is 0 Å². The quantitative estimate of drug-likeness (QED) is 0.748. The summed E-state index contributed by atoms with van der Waals surface area (Å²) in [7, 11) is 0. The summed E-state index contributed by atoms with van der Waals surface area (Å²) in [5.41, 5.74) is 2.94. The second-order valence-corrected chi connectivity index (χ2v) is 6.34. The van der Waals surface area contributed by atoms with Crippen LogP contribution in [0, 0.1) is 24.2 Å². The van der Waals surface area contributed by atoms with Gasteiger partial charge in [-0.15, -0.1) is 0 Å². The topological polar surface area (TPSA) is 33.4 Å². The zero-order chi connectivity index (χ0) is 12.2. The maximum atomic E-state index is 10.1. The molecule has 0 radical (unpaired) electrons. The van der Waals surface area contributed by atoms with Crippen molar-refractivity contribution in [2.45, 2.75) is 52.6 Å². The fourth-order valence-corrected chi connectivity index (χ4v) is 3.94. The highest BCUT2D eigenvalue weighted by Gasteiger charge is 2.49. The zero-order valence-electron chi connectivity index (χ0n) is 11.0. The van der Waals surface area contributed by atoms with Gasteiger partial charge in [0, 0.05) is 6.42 Å². The van der Waals surface area contributed by atoms with E-state index in [4.69, 9.17) is 4.42 Å². The Bertz CT molecular complexity index is 434. The molecule has 0 spiro atoms. The number of fused-ring (bicyclic) bond motifs is 2. The molecule has 0 bridgehead atoms. The first-order valence-electron chi connectivity index (χ1n) is 6.76. The molecule has 2 aliphatic carbocycles. The molecule has 0 aromatic carbocycles. The summed E-state index contributed by atoms with van der Waals surface area (Å²) in [6.07, 6.45) is 6.01. The first-order chi connectivity index (χ1) is 8.02. The number of aliphatic hydroxyl groups excluding tert-OH is 1. The molecule has 0 amide bonds. The van der Waals surface area contributed by atoms with E-state index in [1.165, 1.54) is 16.9 Å². The highest BCUT2D eigenvalue weighted by molar-refractivity contribution is 5.32. The van der Waals surface area contributed by atoms with Gasteiger partial charge in [-0.05, 0) is 54.6 Å². The summed E-state index contributed by atoms with van der Waals surface area (Å²) in [5.74, 6) is 2.27. The van der Waals surface area contributed by atoms with Crippen molar-refractivity contribution < 1.29 is 9.52 Å². The third-order valence-electron chi connectivity index (χ3n) is 5.54. The number of furan rings is 1. The van der Waals surface area contributed by atoms with E-state index in [0.29, 0.717) is 11.8 Å². The van der Waals surface area contributed by atoms with Gasteiger partial charge in [0.05, 0.1) is 12.4 Å². The van der Waals surface area contributed by atoms with E-state index in [1.54, 1.807) is 0 Å².